The fraction of sp³-hybridized carbons (Fsp3) is 0.294. The number of carbonyl (C=O) groups is 2. The van der Waals surface area contributed by atoms with Gasteiger partial charge >= 0.3 is 0 Å². The van der Waals surface area contributed by atoms with Gasteiger partial charge in [0.1, 0.15) is 6.54 Å². The third-order valence-electron chi connectivity index (χ3n) is 3.72. The molecule has 0 bridgehead atoms. The molecule has 0 fully saturated rings. The molecule has 2 rings (SSSR count). The zero-order valence-electron chi connectivity index (χ0n) is 13.1. The number of ketones is 1. The molecule has 2 N–H and O–H groups in total. The third-order valence-corrected chi connectivity index (χ3v) is 4.60. The molecular formula is C17H21N2O2S+. The largest absolute Gasteiger partial charge is 0.323 e. The molecule has 22 heavy (non-hydrogen) atoms. The Morgan fingerprint density at radius 3 is 2.45 bits per heavy atom. The molecular weight excluding hydrogens is 296 g/mol. The molecule has 2 aromatic rings. The van der Waals surface area contributed by atoms with Gasteiger partial charge in [0.15, 0.2) is 11.8 Å². The van der Waals surface area contributed by atoms with Crippen LogP contribution < -0.4 is 10.2 Å². The van der Waals surface area contributed by atoms with Crippen molar-refractivity contribution in [3.05, 3.63) is 52.2 Å². The first-order valence-corrected chi connectivity index (χ1v) is 8.12. The summed E-state index contributed by atoms with van der Waals surface area (Å²) in [5.74, 6) is -0.00370. The van der Waals surface area contributed by atoms with Crippen LogP contribution in [0.3, 0.4) is 0 Å². The Hall–Kier alpha value is -1.98. The average molecular weight is 317 g/mol. The zero-order valence-corrected chi connectivity index (χ0v) is 13.9. The number of carbonyl (C=O) groups excluding carboxylic acids is 2. The van der Waals surface area contributed by atoms with E-state index in [4.69, 9.17) is 0 Å². The zero-order chi connectivity index (χ0) is 16.1. The van der Waals surface area contributed by atoms with Gasteiger partial charge in [-0.2, -0.15) is 0 Å². The SMILES string of the molecule is CC(=O)c1ccc(NC(=O)[C@H](C)[NH+](C)Cc2cccs2)cc1. The van der Waals surface area contributed by atoms with Crippen LogP contribution in [0.1, 0.15) is 29.1 Å². The summed E-state index contributed by atoms with van der Waals surface area (Å²) in [6, 6.07) is 10.9. The molecule has 0 radical (unpaired) electrons. The lowest BCUT2D eigenvalue weighted by Crippen LogP contribution is -3.12. The fourth-order valence-electron chi connectivity index (χ4n) is 2.10. The number of rotatable bonds is 6. The topological polar surface area (TPSA) is 50.6 Å². The lowest BCUT2D eigenvalue weighted by atomic mass is 10.1. The minimum Gasteiger partial charge on any atom is -0.323 e. The summed E-state index contributed by atoms with van der Waals surface area (Å²) >= 11 is 1.70. The Morgan fingerprint density at radius 1 is 1.23 bits per heavy atom. The highest BCUT2D eigenvalue weighted by atomic mass is 32.1. The second-order valence-corrected chi connectivity index (χ2v) is 6.48. The van der Waals surface area contributed by atoms with E-state index in [0.29, 0.717) is 11.3 Å². The lowest BCUT2D eigenvalue weighted by Gasteiger charge is -2.20. The van der Waals surface area contributed by atoms with Crippen LogP contribution in [-0.4, -0.2) is 24.8 Å². The second-order valence-electron chi connectivity index (χ2n) is 5.45. The number of likely N-dealkylation sites (N-methyl/N-ethyl adjacent to an activating group) is 1. The highest BCUT2D eigenvalue weighted by molar-refractivity contribution is 7.09. The van der Waals surface area contributed by atoms with Crippen molar-refractivity contribution >= 4 is 28.7 Å². The molecule has 2 atom stereocenters. The second kappa shape index (κ2) is 7.33. The number of hydrogen-bond acceptors (Lipinski definition) is 3. The molecule has 1 unspecified atom stereocenters. The van der Waals surface area contributed by atoms with Crippen LogP contribution in [0.15, 0.2) is 41.8 Å². The first-order chi connectivity index (χ1) is 10.5. The van der Waals surface area contributed by atoms with Crippen molar-refractivity contribution in [3.8, 4) is 0 Å². The standard InChI is InChI=1S/C17H20N2O2S/c1-12(19(3)11-16-5-4-10-22-16)17(21)18-15-8-6-14(7-9-15)13(2)20/h4-10,12H,11H2,1-3H3,(H,18,21)/p+1/t12-/m0/s1. The monoisotopic (exact) mass is 317 g/mol. The van der Waals surface area contributed by atoms with Gasteiger partial charge < -0.3 is 10.2 Å². The number of thiophene rings is 1. The fourth-order valence-corrected chi connectivity index (χ4v) is 2.90. The summed E-state index contributed by atoms with van der Waals surface area (Å²) in [6.45, 7) is 4.27. The van der Waals surface area contributed by atoms with Crippen LogP contribution in [0, 0.1) is 0 Å². The van der Waals surface area contributed by atoms with Crippen LogP contribution in [0.4, 0.5) is 5.69 Å². The van der Waals surface area contributed by atoms with Gasteiger partial charge in [-0.3, -0.25) is 9.59 Å². The van der Waals surface area contributed by atoms with Gasteiger partial charge in [-0.1, -0.05) is 6.07 Å². The molecule has 0 saturated carbocycles. The minimum atomic E-state index is -0.158. The molecule has 0 aliphatic rings. The molecule has 1 aromatic heterocycles. The number of quaternary nitrogens is 1. The van der Waals surface area contributed by atoms with Crippen molar-refractivity contribution in [2.24, 2.45) is 0 Å². The van der Waals surface area contributed by atoms with E-state index in [1.54, 1.807) is 35.6 Å². The van der Waals surface area contributed by atoms with Crippen molar-refractivity contribution in [2.45, 2.75) is 26.4 Å². The predicted octanol–water partition coefficient (Wildman–Crippen LogP) is 1.99. The van der Waals surface area contributed by atoms with E-state index in [-0.39, 0.29) is 17.7 Å². The quantitative estimate of drug-likeness (QED) is 0.801. The van der Waals surface area contributed by atoms with Gasteiger partial charge in [-0.05, 0) is 49.6 Å². The van der Waals surface area contributed by atoms with Crippen LogP contribution >= 0.6 is 11.3 Å². The highest BCUT2D eigenvalue weighted by Crippen LogP contribution is 2.10. The lowest BCUT2D eigenvalue weighted by molar-refractivity contribution is -0.907. The number of benzene rings is 1. The first kappa shape index (κ1) is 16.4. The van der Waals surface area contributed by atoms with Crippen molar-refractivity contribution in [1.82, 2.24) is 0 Å². The summed E-state index contributed by atoms with van der Waals surface area (Å²) in [4.78, 5) is 25.9. The number of nitrogens with one attached hydrogen (secondary N) is 2. The molecule has 116 valence electrons. The van der Waals surface area contributed by atoms with E-state index >= 15 is 0 Å². The van der Waals surface area contributed by atoms with Gasteiger partial charge in [0, 0.05) is 11.3 Å². The normalized spacial score (nSPS) is 13.4. The maximum Gasteiger partial charge on any atom is 0.282 e. The minimum absolute atomic E-state index is 0.0198. The Bertz CT molecular complexity index is 635. The molecule has 0 aliphatic heterocycles. The average Bonchev–Trinajstić information content (AvgIpc) is 2.99. The molecule has 5 heteroatoms. The Kier molecular flexibility index (Phi) is 5.46. The molecule has 1 amide bonds. The summed E-state index contributed by atoms with van der Waals surface area (Å²) < 4.78 is 0. The molecule has 0 saturated heterocycles. The van der Waals surface area contributed by atoms with E-state index < -0.39 is 0 Å². The summed E-state index contributed by atoms with van der Waals surface area (Å²) in [5, 5.41) is 4.95. The highest BCUT2D eigenvalue weighted by Gasteiger charge is 2.22. The molecule has 1 aromatic carbocycles. The van der Waals surface area contributed by atoms with Gasteiger partial charge in [0.2, 0.25) is 0 Å². The van der Waals surface area contributed by atoms with Crippen molar-refractivity contribution in [3.63, 3.8) is 0 Å². The molecule has 0 aliphatic carbocycles. The maximum atomic E-state index is 12.3. The van der Waals surface area contributed by atoms with Crippen LogP contribution in [0.5, 0.6) is 0 Å². The van der Waals surface area contributed by atoms with Crippen LogP contribution in [0.25, 0.3) is 0 Å². The van der Waals surface area contributed by atoms with E-state index in [9.17, 15) is 9.59 Å². The van der Waals surface area contributed by atoms with E-state index in [1.165, 1.54) is 11.8 Å². The smallest absolute Gasteiger partial charge is 0.282 e. The van der Waals surface area contributed by atoms with E-state index in [0.717, 1.165) is 11.4 Å². The molecule has 1 heterocycles. The van der Waals surface area contributed by atoms with Crippen molar-refractivity contribution in [2.75, 3.05) is 12.4 Å². The maximum absolute atomic E-state index is 12.3. The Balaban J connectivity index is 1.94. The Morgan fingerprint density at radius 2 is 1.91 bits per heavy atom. The van der Waals surface area contributed by atoms with Gasteiger partial charge in [-0.15, -0.1) is 11.3 Å². The van der Waals surface area contributed by atoms with Gasteiger partial charge in [-0.25, -0.2) is 0 Å². The van der Waals surface area contributed by atoms with Crippen molar-refractivity contribution < 1.29 is 14.5 Å². The number of anilines is 1. The van der Waals surface area contributed by atoms with Gasteiger partial charge in [0.25, 0.3) is 5.91 Å². The summed E-state index contributed by atoms with van der Waals surface area (Å²) in [7, 11) is 2.02. The Labute approximate surface area is 134 Å². The van der Waals surface area contributed by atoms with Gasteiger partial charge in [0.05, 0.1) is 11.9 Å². The number of amides is 1. The van der Waals surface area contributed by atoms with Crippen LogP contribution in [0.2, 0.25) is 0 Å². The first-order valence-electron chi connectivity index (χ1n) is 7.24. The van der Waals surface area contributed by atoms with E-state index in [2.05, 4.69) is 11.4 Å². The third kappa shape index (κ3) is 4.26. The predicted molar refractivity (Wildman–Crippen MR) is 89.4 cm³/mol. The number of hydrogen-bond donors (Lipinski definition) is 2. The molecule has 0 spiro atoms. The molecule has 4 nitrogen and oxygen atoms in total. The van der Waals surface area contributed by atoms with E-state index in [1.807, 2.05) is 25.4 Å². The van der Waals surface area contributed by atoms with Crippen molar-refractivity contribution in [1.29, 1.82) is 0 Å². The van der Waals surface area contributed by atoms with Crippen LogP contribution in [-0.2, 0) is 11.3 Å². The summed E-state index contributed by atoms with van der Waals surface area (Å²) in [5.41, 5.74) is 1.36. The number of Topliss-reactive ketones (excluding diaryl/α,β-unsaturated/α-hetero) is 1. The summed E-state index contributed by atoms with van der Waals surface area (Å²) in [6.07, 6.45) is 0.